The molecule has 0 aliphatic rings. The van der Waals surface area contributed by atoms with Gasteiger partial charge in [-0.25, -0.2) is 4.98 Å². The zero-order valence-electron chi connectivity index (χ0n) is 7.70. The van der Waals surface area contributed by atoms with Crippen LogP contribution in [0.25, 0.3) is 11.4 Å². The summed E-state index contributed by atoms with van der Waals surface area (Å²) in [5.74, 6) is 1.61. The van der Waals surface area contributed by atoms with Crippen LogP contribution in [-0.4, -0.2) is 15.2 Å². The van der Waals surface area contributed by atoms with E-state index in [0.29, 0.717) is 0 Å². The lowest BCUT2D eigenvalue weighted by Crippen LogP contribution is -1.81. The minimum absolute atomic E-state index is 0.765. The van der Waals surface area contributed by atoms with E-state index in [9.17, 15) is 0 Å². The molecule has 3 nitrogen and oxygen atoms in total. The highest BCUT2D eigenvalue weighted by atomic mass is 15.2. The third-order valence-corrected chi connectivity index (χ3v) is 1.87. The molecule has 0 unspecified atom stereocenters. The minimum Gasteiger partial charge on any atom is -0.263 e. The van der Waals surface area contributed by atoms with Crippen molar-refractivity contribution in [1.82, 2.24) is 15.2 Å². The van der Waals surface area contributed by atoms with Crippen LogP contribution in [0.2, 0.25) is 0 Å². The molecule has 1 aromatic heterocycles. The zero-order valence-corrected chi connectivity index (χ0v) is 7.70. The first-order chi connectivity index (χ1) is 6.25. The first-order valence-corrected chi connectivity index (χ1v) is 4.22. The lowest BCUT2D eigenvalue weighted by Gasteiger charge is -1.95. The van der Waals surface area contributed by atoms with E-state index in [1.807, 2.05) is 19.1 Å². The average Bonchev–Trinajstić information content (AvgIpc) is 2.52. The van der Waals surface area contributed by atoms with Crippen molar-refractivity contribution in [1.29, 1.82) is 0 Å². The van der Waals surface area contributed by atoms with E-state index in [1.54, 1.807) is 0 Å². The van der Waals surface area contributed by atoms with E-state index in [4.69, 9.17) is 0 Å². The first-order valence-electron chi connectivity index (χ1n) is 4.22. The number of hydrogen-bond donors (Lipinski definition) is 1. The van der Waals surface area contributed by atoms with Gasteiger partial charge in [0.15, 0.2) is 5.82 Å². The second kappa shape index (κ2) is 3.01. The van der Waals surface area contributed by atoms with Gasteiger partial charge in [0.2, 0.25) is 0 Å². The lowest BCUT2D eigenvalue weighted by molar-refractivity contribution is 1.04. The standard InChI is InChI=1S/C10H11N3/c1-7-4-3-5-9(6-7)10-11-8(2)12-13-10/h3-6H,1-2H3,(H,11,12,13). The molecular weight excluding hydrogens is 162 g/mol. The van der Waals surface area contributed by atoms with Gasteiger partial charge in [-0.05, 0) is 19.9 Å². The summed E-state index contributed by atoms with van der Waals surface area (Å²) in [4.78, 5) is 4.26. The van der Waals surface area contributed by atoms with Gasteiger partial charge >= 0.3 is 0 Å². The normalized spacial score (nSPS) is 10.3. The molecule has 1 N–H and O–H groups in total. The quantitative estimate of drug-likeness (QED) is 0.717. The number of nitrogens with one attached hydrogen (secondary N) is 1. The van der Waals surface area contributed by atoms with E-state index in [1.165, 1.54) is 5.56 Å². The van der Waals surface area contributed by atoms with Crippen molar-refractivity contribution in [2.75, 3.05) is 0 Å². The van der Waals surface area contributed by atoms with Crippen molar-refractivity contribution in [3.63, 3.8) is 0 Å². The fourth-order valence-corrected chi connectivity index (χ4v) is 1.26. The molecule has 0 amide bonds. The third kappa shape index (κ3) is 1.59. The number of H-pyrrole nitrogens is 1. The van der Waals surface area contributed by atoms with Crippen molar-refractivity contribution in [2.45, 2.75) is 13.8 Å². The third-order valence-electron chi connectivity index (χ3n) is 1.87. The van der Waals surface area contributed by atoms with Crippen molar-refractivity contribution in [3.8, 4) is 11.4 Å². The summed E-state index contributed by atoms with van der Waals surface area (Å²) in [5.41, 5.74) is 2.28. The maximum Gasteiger partial charge on any atom is 0.181 e. The Bertz CT molecular complexity index is 418. The monoisotopic (exact) mass is 173 g/mol. The molecule has 0 spiro atoms. The number of aryl methyl sites for hydroxylation is 2. The van der Waals surface area contributed by atoms with Gasteiger partial charge in [0.25, 0.3) is 0 Å². The number of benzene rings is 1. The van der Waals surface area contributed by atoms with Crippen LogP contribution in [0.1, 0.15) is 11.4 Å². The Labute approximate surface area is 76.8 Å². The Morgan fingerprint density at radius 1 is 1.23 bits per heavy atom. The van der Waals surface area contributed by atoms with Gasteiger partial charge in [0.1, 0.15) is 5.82 Å². The number of hydrogen-bond acceptors (Lipinski definition) is 2. The molecule has 3 heteroatoms. The van der Waals surface area contributed by atoms with Gasteiger partial charge in [0, 0.05) is 5.56 Å². The highest BCUT2D eigenvalue weighted by Gasteiger charge is 2.02. The highest BCUT2D eigenvalue weighted by Crippen LogP contribution is 2.15. The Balaban J connectivity index is 2.46. The Kier molecular flexibility index (Phi) is 1.85. The molecule has 1 aromatic carbocycles. The van der Waals surface area contributed by atoms with Crippen molar-refractivity contribution < 1.29 is 0 Å². The van der Waals surface area contributed by atoms with Crippen LogP contribution in [0, 0.1) is 13.8 Å². The fraction of sp³-hybridized carbons (Fsp3) is 0.200. The van der Waals surface area contributed by atoms with Crippen LogP contribution < -0.4 is 0 Å². The molecule has 2 aromatic rings. The highest BCUT2D eigenvalue weighted by molar-refractivity contribution is 5.55. The molecule has 0 fully saturated rings. The molecule has 0 aliphatic carbocycles. The van der Waals surface area contributed by atoms with Crippen molar-refractivity contribution >= 4 is 0 Å². The predicted molar refractivity (Wildman–Crippen MR) is 51.3 cm³/mol. The van der Waals surface area contributed by atoms with Crippen LogP contribution in [0.3, 0.4) is 0 Å². The molecule has 13 heavy (non-hydrogen) atoms. The summed E-state index contributed by atoms with van der Waals surface area (Å²) in [6, 6.07) is 8.15. The SMILES string of the molecule is Cc1cccc(-c2n[nH]c(C)n2)c1. The van der Waals surface area contributed by atoms with Crippen molar-refractivity contribution in [2.24, 2.45) is 0 Å². The Morgan fingerprint density at radius 3 is 2.69 bits per heavy atom. The first kappa shape index (κ1) is 7.98. The van der Waals surface area contributed by atoms with Crippen LogP contribution in [0.4, 0.5) is 0 Å². The summed E-state index contributed by atoms with van der Waals surface area (Å²) >= 11 is 0. The fourth-order valence-electron chi connectivity index (χ4n) is 1.26. The molecule has 0 saturated carbocycles. The molecule has 66 valence electrons. The maximum absolute atomic E-state index is 4.26. The molecule has 0 bridgehead atoms. The number of aromatic nitrogens is 3. The smallest absolute Gasteiger partial charge is 0.181 e. The second-order valence-electron chi connectivity index (χ2n) is 3.11. The summed E-state index contributed by atoms with van der Waals surface area (Å²) < 4.78 is 0. The molecular formula is C10H11N3. The van der Waals surface area contributed by atoms with Crippen LogP contribution >= 0.6 is 0 Å². The maximum atomic E-state index is 4.26. The van der Waals surface area contributed by atoms with E-state index >= 15 is 0 Å². The van der Waals surface area contributed by atoms with Crippen LogP contribution in [-0.2, 0) is 0 Å². The van der Waals surface area contributed by atoms with Crippen molar-refractivity contribution in [3.05, 3.63) is 35.7 Å². The van der Waals surface area contributed by atoms with Gasteiger partial charge in [0.05, 0.1) is 0 Å². The molecule has 0 aliphatic heterocycles. The molecule has 2 rings (SSSR count). The van der Waals surface area contributed by atoms with E-state index < -0.39 is 0 Å². The summed E-state index contributed by atoms with van der Waals surface area (Å²) in [7, 11) is 0. The van der Waals surface area contributed by atoms with Gasteiger partial charge in [-0.15, -0.1) is 0 Å². The van der Waals surface area contributed by atoms with E-state index in [2.05, 4.69) is 34.2 Å². The summed E-state index contributed by atoms with van der Waals surface area (Å²) in [6.45, 7) is 3.95. The van der Waals surface area contributed by atoms with Gasteiger partial charge < -0.3 is 0 Å². The lowest BCUT2D eigenvalue weighted by atomic mass is 10.1. The van der Waals surface area contributed by atoms with Gasteiger partial charge in [-0.1, -0.05) is 23.8 Å². The predicted octanol–water partition coefficient (Wildman–Crippen LogP) is 2.09. The summed E-state index contributed by atoms with van der Waals surface area (Å²) in [6.07, 6.45) is 0. The average molecular weight is 173 g/mol. The second-order valence-corrected chi connectivity index (χ2v) is 3.11. The largest absolute Gasteiger partial charge is 0.263 e. The molecule has 0 radical (unpaired) electrons. The topological polar surface area (TPSA) is 41.6 Å². The van der Waals surface area contributed by atoms with Gasteiger partial charge in [-0.2, -0.15) is 5.10 Å². The number of aromatic amines is 1. The van der Waals surface area contributed by atoms with E-state index in [0.717, 1.165) is 17.2 Å². The van der Waals surface area contributed by atoms with Crippen LogP contribution in [0.5, 0.6) is 0 Å². The Morgan fingerprint density at radius 2 is 2.08 bits per heavy atom. The number of nitrogens with zero attached hydrogens (tertiary/aromatic N) is 2. The van der Waals surface area contributed by atoms with Gasteiger partial charge in [-0.3, -0.25) is 5.10 Å². The summed E-state index contributed by atoms with van der Waals surface area (Å²) in [5, 5.41) is 6.92. The number of rotatable bonds is 1. The minimum atomic E-state index is 0.765. The molecule has 0 atom stereocenters. The molecule has 1 heterocycles. The zero-order chi connectivity index (χ0) is 9.26. The Hall–Kier alpha value is -1.64. The van der Waals surface area contributed by atoms with E-state index in [-0.39, 0.29) is 0 Å². The molecule has 0 saturated heterocycles. The van der Waals surface area contributed by atoms with Crippen LogP contribution in [0.15, 0.2) is 24.3 Å².